The van der Waals surface area contributed by atoms with Crippen LogP contribution in [0.2, 0.25) is 0 Å². The summed E-state index contributed by atoms with van der Waals surface area (Å²) in [5.41, 5.74) is 9.07. The quantitative estimate of drug-likeness (QED) is 0.874. The van der Waals surface area contributed by atoms with E-state index in [9.17, 15) is 4.39 Å². The third kappa shape index (κ3) is 3.17. The van der Waals surface area contributed by atoms with Gasteiger partial charge in [-0.1, -0.05) is 43.3 Å². The Hall–Kier alpha value is -1.67. The van der Waals surface area contributed by atoms with Crippen LogP contribution in [0.15, 0.2) is 48.5 Å². The number of benzene rings is 2. The largest absolute Gasteiger partial charge is 0.330 e. The first-order valence-corrected chi connectivity index (χ1v) is 6.22. The first-order chi connectivity index (χ1) is 8.69. The number of rotatable bonds is 4. The van der Waals surface area contributed by atoms with Gasteiger partial charge in [-0.2, -0.15) is 0 Å². The Labute approximate surface area is 107 Å². The van der Waals surface area contributed by atoms with Crippen molar-refractivity contribution < 1.29 is 4.39 Å². The predicted molar refractivity (Wildman–Crippen MR) is 73.1 cm³/mol. The molecule has 2 heteroatoms. The smallest absolute Gasteiger partial charge is 0.123 e. The summed E-state index contributed by atoms with van der Waals surface area (Å²) < 4.78 is 13.1. The van der Waals surface area contributed by atoms with Crippen molar-refractivity contribution >= 4 is 0 Å². The van der Waals surface area contributed by atoms with Crippen LogP contribution >= 0.6 is 0 Å². The van der Waals surface area contributed by atoms with Gasteiger partial charge in [-0.05, 0) is 47.7 Å². The summed E-state index contributed by atoms with van der Waals surface area (Å²) in [6, 6.07) is 15.1. The van der Waals surface area contributed by atoms with E-state index < -0.39 is 0 Å². The summed E-state index contributed by atoms with van der Waals surface area (Å²) in [5, 5.41) is 0. The number of nitrogens with two attached hydrogens (primary N) is 1. The summed E-state index contributed by atoms with van der Waals surface area (Å²) >= 11 is 0. The molecule has 0 spiro atoms. The van der Waals surface area contributed by atoms with Crippen molar-refractivity contribution in [2.75, 3.05) is 6.54 Å². The highest BCUT2D eigenvalue weighted by Crippen LogP contribution is 2.16. The van der Waals surface area contributed by atoms with Crippen molar-refractivity contribution in [3.05, 3.63) is 71.0 Å². The fourth-order valence-corrected chi connectivity index (χ4v) is 1.98. The molecule has 94 valence electrons. The summed E-state index contributed by atoms with van der Waals surface area (Å²) in [5.74, 6) is 0.203. The molecule has 18 heavy (non-hydrogen) atoms. The van der Waals surface area contributed by atoms with E-state index in [1.807, 2.05) is 6.07 Å². The predicted octanol–water partition coefficient (Wildman–Crippen LogP) is 3.48. The van der Waals surface area contributed by atoms with Crippen molar-refractivity contribution in [1.29, 1.82) is 0 Å². The van der Waals surface area contributed by atoms with Gasteiger partial charge >= 0.3 is 0 Å². The highest BCUT2D eigenvalue weighted by Gasteiger charge is 2.03. The summed E-state index contributed by atoms with van der Waals surface area (Å²) in [6.45, 7) is 2.77. The van der Waals surface area contributed by atoms with Gasteiger partial charge in [0.15, 0.2) is 0 Å². The molecular weight excluding hydrogens is 225 g/mol. The third-order valence-corrected chi connectivity index (χ3v) is 3.20. The van der Waals surface area contributed by atoms with Crippen LogP contribution in [0.1, 0.15) is 29.5 Å². The summed E-state index contributed by atoms with van der Waals surface area (Å²) in [7, 11) is 0. The van der Waals surface area contributed by atoms with Crippen molar-refractivity contribution in [1.82, 2.24) is 0 Å². The summed E-state index contributed by atoms with van der Waals surface area (Å²) in [6.07, 6.45) is 0.759. The molecule has 0 aliphatic heterocycles. The highest BCUT2D eigenvalue weighted by molar-refractivity contribution is 5.30. The highest BCUT2D eigenvalue weighted by atomic mass is 19.1. The second-order valence-corrected chi connectivity index (χ2v) is 4.69. The van der Waals surface area contributed by atoms with Gasteiger partial charge in [0.2, 0.25) is 0 Å². The molecule has 0 saturated heterocycles. The van der Waals surface area contributed by atoms with Crippen LogP contribution in [0.3, 0.4) is 0 Å². The lowest BCUT2D eigenvalue weighted by Crippen LogP contribution is -2.08. The van der Waals surface area contributed by atoms with Gasteiger partial charge in [0, 0.05) is 0 Å². The Balaban J connectivity index is 2.11. The molecule has 0 bridgehead atoms. The Morgan fingerprint density at radius 1 is 1.06 bits per heavy atom. The van der Waals surface area contributed by atoms with Crippen molar-refractivity contribution in [3.63, 3.8) is 0 Å². The molecule has 1 atom stereocenters. The second kappa shape index (κ2) is 5.78. The zero-order valence-corrected chi connectivity index (χ0v) is 10.6. The molecule has 0 aliphatic rings. The van der Waals surface area contributed by atoms with E-state index in [0.717, 1.165) is 12.0 Å². The fraction of sp³-hybridized carbons (Fsp3) is 0.250. The molecule has 0 saturated carbocycles. The molecule has 1 unspecified atom stereocenters. The maximum atomic E-state index is 13.1. The molecule has 2 N–H and O–H groups in total. The van der Waals surface area contributed by atoms with Gasteiger partial charge in [-0.15, -0.1) is 0 Å². The molecular formula is C16H18FN. The van der Waals surface area contributed by atoms with Crippen molar-refractivity contribution in [2.24, 2.45) is 5.73 Å². The topological polar surface area (TPSA) is 26.0 Å². The van der Waals surface area contributed by atoms with Gasteiger partial charge in [-0.3, -0.25) is 0 Å². The van der Waals surface area contributed by atoms with E-state index in [1.165, 1.54) is 17.2 Å². The van der Waals surface area contributed by atoms with E-state index in [-0.39, 0.29) is 5.82 Å². The molecule has 0 heterocycles. The van der Waals surface area contributed by atoms with Crippen LogP contribution in [-0.4, -0.2) is 6.54 Å². The minimum absolute atomic E-state index is 0.180. The summed E-state index contributed by atoms with van der Waals surface area (Å²) in [4.78, 5) is 0. The zero-order valence-electron chi connectivity index (χ0n) is 10.6. The average Bonchev–Trinajstić information content (AvgIpc) is 2.39. The van der Waals surface area contributed by atoms with Gasteiger partial charge in [0.25, 0.3) is 0 Å². The Morgan fingerprint density at radius 2 is 1.78 bits per heavy atom. The van der Waals surface area contributed by atoms with Crippen LogP contribution in [0.25, 0.3) is 0 Å². The maximum absolute atomic E-state index is 13.1. The standard InChI is InChI=1S/C16H18FN/c1-12(11-18)15-7-5-13(6-8-15)9-14-3-2-4-16(17)10-14/h2-8,10,12H,9,11,18H2,1H3. The number of hydrogen-bond acceptors (Lipinski definition) is 1. The lowest BCUT2D eigenvalue weighted by Gasteiger charge is -2.09. The van der Waals surface area contributed by atoms with Gasteiger partial charge in [0.05, 0.1) is 0 Å². The van der Waals surface area contributed by atoms with Gasteiger partial charge in [0.1, 0.15) is 5.82 Å². The molecule has 0 amide bonds. The van der Waals surface area contributed by atoms with Gasteiger partial charge in [-0.25, -0.2) is 4.39 Å². The molecule has 2 rings (SSSR count). The molecule has 0 aromatic heterocycles. The van der Waals surface area contributed by atoms with Crippen LogP contribution in [0.5, 0.6) is 0 Å². The van der Waals surface area contributed by atoms with Gasteiger partial charge < -0.3 is 5.73 Å². The van der Waals surface area contributed by atoms with Crippen LogP contribution in [0, 0.1) is 5.82 Å². The first-order valence-electron chi connectivity index (χ1n) is 6.22. The number of halogens is 1. The zero-order chi connectivity index (χ0) is 13.0. The first kappa shape index (κ1) is 12.8. The second-order valence-electron chi connectivity index (χ2n) is 4.69. The molecule has 0 radical (unpaired) electrons. The number of hydrogen-bond donors (Lipinski definition) is 1. The SMILES string of the molecule is CC(CN)c1ccc(Cc2cccc(F)c2)cc1. The van der Waals surface area contributed by atoms with E-state index in [4.69, 9.17) is 5.73 Å². The van der Waals surface area contributed by atoms with E-state index >= 15 is 0 Å². The van der Waals surface area contributed by atoms with Crippen LogP contribution in [-0.2, 0) is 6.42 Å². The third-order valence-electron chi connectivity index (χ3n) is 3.20. The van der Waals surface area contributed by atoms with E-state index in [2.05, 4.69) is 31.2 Å². The Bertz CT molecular complexity index is 505. The van der Waals surface area contributed by atoms with E-state index in [0.29, 0.717) is 12.5 Å². The monoisotopic (exact) mass is 243 g/mol. The maximum Gasteiger partial charge on any atom is 0.123 e. The molecule has 0 aliphatic carbocycles. The lowest BCUT2D eigenvalue weighted by atomic mass is 9.98. The Kier molecular flexibility index (Phi) is 4.11. The van der Waals surface area contributed by atoms with E-state index in [1.54, 1.807) is 12.1 Å². The Morgan fingerprint density at radius 3 is 2.39 bits per heavy atom. The normalized spacial score (nSPS) is 12.4. The average molecular weight is 243 g/mol. The molecule has 2 aromatic rings. The van der Waals surface area contributed by atoms with Crippen molar-refractivity contribution in [3.8, 4) is 0 Å². The van der Waals surface area contributed by atoms with Crippen LogP contribution < -0.4 is 5.73 Å². The minimum atomic E-state index is -0.180. The van der Waals surface area contributed by atoms with Crippen LogP contribution in [0.4, 0.5) is 4.39 Å². The lowest BCUT2D eigenvalue weighted by molar-refractivity contribution is 0.626. The van der Waals surface area contributed by atoms with Crippen molar-refractivity contribution in [2.45, 2.75) is 19.3 Å². The molecule has 0 fully saturated rings. The fourth-order valence-electron chi connectivity index (χ4n) is 1.98. The minimum Gasteiger partial charge on any atom is -0.330 e. The molecule has 1 nitrogen and oxygen atoms in total. The molecule has 2 aromatic carbocycles.